The molecule has 4 unspecified atom stereocenters. The Morgan fingerprint density at radius 3 is 1.30 bits per heavy atom. The van der Waals surface area contributed by atoms with Gasteiger partial charge in [-0.1, -0.05) is 13.1 Å². The van der Waals surface area contributed by atoms with Gasteiger partial charge in [-0.05, 0) is 41.5 Å². The van der Waals surface area contributed by atoms with E-state index < -0.39 is 29.7 Å². The van der Waals surface area contributed by atoms with Crippen LogP contribution in [0, 0.1) is 0 Å². The summed E-state index contributed by atoms with van der Waals surface area (Å²) >= 11 is 0. The van der Waals surface area contributed by atoms with Gasteiger partial charge in [-0.2, -0.15) is 0 Å². The van der Waals surface area contributed by atoms with Crippen molar-refractivity contribution in [1.82, 2.24) is 5.32 Å². The normalized spacial score (nSPS) is 20.9. The number of rotatable bonds is 14. The van der Waals surface area contributed by atoms with E-state index in [2.05, 4.69) is 32.3 Å². The van der Waals surface area contributed by atoms with Crippen LogP contribution < -0.4 is 5.32 Å². The summed E-state index contributed by atoms with van der Waals surface area (Å²) in [5.41, 5.74) is 0. The molecule has 0 spiro atoms. The van der Waals surface area contributed by atoms with Gasteiger partial charge in [-0.25, -0.2) is 0 Å². The van der Waals surface area contributed by atoms with E-state index in [1.54, 1.807) is 0 Å². The number of ether oxygens (including phenoxy) is 4. The Labute approximate surface area is 147 Å². The third-order valence-corrected chi connectivity index (χ3v) is 8.44. The van der Waals surface area contributed by atoms with Crippen molar-refractivity contribution < 1.29 is 18.9 Å². The molecule has 0 aliphatic rings. The van der Waals surface area contributed by atoms with Gasteiger partial charge in [0.25, 0.3) is 0 Å². The Hall–Kier alpha value is 0.234. The fourth-order valence-corrected chi connectivity index (χ4v) is 6.51. The maximum absolute atomic E-state index is 6.24. The first-order valence-corrected chi connectivity index (χ1v) is 13.5. The van der Waals surface area contributed by atoms with E-state index in [0.29, 0.717) is 26.4 Å². The maximum Gasteiger partial charge on any atom is 0.125 e. The van der Waals surface area contributed by atoms with E-state index in [1.165, 1.54) is 0 Å². The molecule has 0 saturated heterocycles. The van der Waals surface area contributed by atoms with Crippen molar-refractivity contribution in [1.29, 1.82) is 0 Å². The first-order valence-electron chi connectivity index (χ1n) is 9.22. The Morgan fingerprint density at radius 2 is 1.09 bits per heavy atom. The molecule has 0 aromatic rings. The third-order valence-electron chi connectivity index (χ3n) is 4.42. The molecule has 0 aromatic carbocycles. The molecule has 0 radical (unpaired) electrons. The predicted octanol–water partition coefficient (Wildman–Crippen LogP) is 1.24. The van der Waals surface area contributed by atoms with E-state index in [4.69, 9.17) is 18.9 Å². The summed E-state index contributed by atoms with van der Waals surface area (Å²) in [5, 5.41) is 2.91. The smallest absolute Gasteiger partial charge is 0.125 e. The Balaban J connectivity index is 5.64. The first-order chi connectivity index (χ1) is 10.9. The zero-order chi connectivity index (χ0) is 17.9. The molecule has 0 rings (SSSR count). The van der Waals surface area contributed by atoms with Gasteiger partial charge < -0.3 is 18.9 Å². The lowest BCUT2D eigenvalue weighted by Crippen LogP contribution is -2.73. The summed E-state index contributed by atoms with van der Waals surface area (Å²) < 4.78 is 24.3. The molecular formula is C16H39NO4Si2. The topological polar surface area (TPSA) is 49.0 Å². The molecule has 7 heteroatoms. The fourth-order valence-electron chi connectivity index (χ4n) is 3.11. The average molecular weight is 366 g/mol. The van der Waals surface area contributed by atoms with Gasteiger partial charge in [0, 0.05) is 26.4 Å². The molecule has 0 heterocycles. The first kappa shape index (κ1) is 23.2. The van der Waals surface area contributed by atoms with Crippen molar-refractivity contribution in [3.8, 4) is 0 Å². The minimum absolute atomic E-state index is 0.0154. The van der Waals surface area contributed by atoms with E-state index in [1.807, 2.05) is 27.7 Å². The monoisotopic (exact) mass is 365 g/mol. The van der Waals surface area contributed by atoms with Gasteiger partial charge in [-0.15, -0.1) is 0 Å². The Morgan fingerprint density at radius 1 is 0.739 bits per heavy atom. The van der Waals surface area contributed by atoms with Crippen LogP contribution in [0.15, 0.2) is 0 Å². The number of hydrogen-bond donors (Lipinski definition) is 1. The molecule has 0 fully saturated rings. The minimum atomic E-state index is -0.581. The van der Waals surface area contributed by atoms with Crippen LogP contribution in [-0.2, 0) is 18.9 Å². The lowest BCUT2D eigenvalue weighted by atomic mass is 10.2. The van der Waals surface area contributed by atoms with Crippen molar-refractivity contribution in [2.24, 2.45) is 0 Å². The molecule has 4 atom stereocenters. The second kappa shape index (κ2) is 11.7. The van der Waals surface area contributed by atoms with Gasteiger partial charge in [0.2, 0.25) is 0 Å². The molecular weight excluding hydrogens is 326 g/mol. The quantitative estimate of drug-likeness (QED) is 0.371. The molecule has 0 aliphatic carbocycles. The maximum atomic E-state index is 6.24. The second-order valence-corrected chi connectivity index (χ2v) is 9.19. The van der Waals surface area contributed by atoms with Crippen LogP contribution in [0.1, 0.15) is 41.5 Å². The van der Waals surface area contributed by atoms with Crippen LogP contribution >= 0.6 is 0 Å². The van der Waals surface area contributed by atoms with Crippen LogP contribution in [0.3, 0.4) is 0 Å². The number of hydrogen-bond acceptors (Lipinski definition) is 5. The number of nitrogens with one attached hydrogen (secondary N) is 1. The van der Waals surface area contributed by atoms with Crippen molar-refractivity contribution in [2.45, 2.75) is 77.5 Å². The van der Waals surface area contributed by atoms with E-state index >= 15 is 0 Å². The van der Waals surface area contributed by atoms with Crippen LogP contribution in [-0.4, -0.2) is 68.4 Å². The largest absolute Gasteiger partial charge is 0.375 e. The highest BCUT2D eigenvalue weighted by molar-refractivity contribution is 6.40. The van der Waals surface area contributed by atoms with Crippen LogP contribution in [0.2, 0.25) is 13.1 Å². The predicted molar refractivity (Wildman–Crippen MR) is 103 cm³/mol. The summed E-state index contributed by atoms with van der Waals surface area (Å²) in [5.74, 6) is 0. The van der Waals surface area contributed by atoms with Crippen molar-refractivity contribution in [3.63, 3.8) is 0 Å². The van der Waals surface area contributed by atoms with Crippen LogP contribution in [0.25, 0.3) is 0 Å². The molecule has 5 nitrogen and oxygen atoms in total. The lowest BCUT2D eigenvalue weighted by molar-refractivity contribution is -0.174. The van der Waals surface area contributed by atoms with Crippen LogP contribution in [0.4, 0.5) is 0 Å². The molecule has 0 bridgehead atoms. The molecule has 140 valence electrons. The van der Waals surface area contributed by atoms with Gasteiger partial charge in [0.05, 0.1) is 31.2 Å². The molecule has 0 aliphatic heterocycles. The van der Waals surface area contributed by atoms with Gasteiger partial charge in [0.15, 0.2) is 0 Å². The average Bonchev–Trinajstić information content (AvgIpc) is 2.54. The Bertz CT molecular complexity index is 284. The van der Waals surface area contributed by atoms with E-state index in [-0.39, 0.29) is 12.2 Å². The molecule has 0 saturated carbocycles. The molecule has 0 aromatic heterocycles. The van der Waals surface area contributed by atoms with Gasteiger partial charge in [-0.3, -0.25) is 5.32 Å². The standard InChI is InChI=1S/C16H39NO4Si2/c1-9-18-13(5)15(22-7,20-11-3)17-16(23-8,21-12-4)14(6)19-10-2/h13-14,17H,9-12,22-23H2,1-8H3. The van der Waals surface area contributed by atoms with Crippen LogP contribution in [0.5, 0.6) is 0 Å². The SMILES string of the molecule is CCOC(C)C(NC(OCC)([SiH2]C)C(C)OCC)(OCC)[SiH2]C. The Kier molecular flexibility index (Phi) is 11.8. The summed E-state index contributed by atoms with van der Waals surface area (Å²) in [6.45, 7) is 19.5. The summed E-state index contributed by atoms with van der Waals surface area (Å²) in [4.78, 5) is 0. The van der Waals surface area contributed by atoms with Crippen molar-refractivity contribution in [3.05, 3.63) is 0 Å². The summed E-state index contributed by atoms with van der Waals surface area (Å²) in [6, 6.07) is 0. The van der Waals surface area contributed by atoms with Crippen molar-refractivity contribution in [2.75, 3.05) is 26.4 Å². The second-order valence-electron chi connectivity index (χ2n) is 5.67. The zero-order valence-corrected chi connectivity index (χ0v) is 19.4. The fraction of sp³-hybridized carbons (Fsp3) is 1.00. The molecule has 1 N–H and O–H groups in total. The van der Waals surface area contributed by atoms with E-state index in [9.17, 15) is 0 Å². The van der Waals surface area contributed by atoms with Gasteiger partial charge >= 0.3 is 0 Å². The van der Waals surface area contributed by atoms with E-state index in [0.717, 1.165) is 0 Å². The highest BCUT2D eigenvalue weighted by Crippen LogP contribution is 2.24. The third kappa shape index (κ3) is 6.23. The molecule has 23 heavy (non-hydrogen) atoms. The summed E-state index contributed by atoms with van der Waals surface area (Å²) in [6.07, 6.45) is -0.0309. The minimum Gasteiger partial charge on any atom is -0.375 e. The lowest BCUT2D eigenvalue weighted by Gasteiger charge is -2.48. The highest BCUT2D eigenvalue weighted by atomic mass is 28.2. The van der Waals surface area contributed by atoms with Gasteiger partial charge in [0.1, 0.15) is 10.7 Å². The summed E-state index contributed by atoms with van der Waals surface area (Å²) in [7, 11) is -1.16. The molecule has 0 amide bonds. The van der Waals surface area contributed by atoms with Crippen molar-refractivity contribution >= 4 is 19.0 Å². The highest BCUT2D eigenvalue weighted by Gasteiger charge is 2.46. The zero-order valence-electron chi connectivity index (χ0n) is 16.5.